The third kappa shape index (κ3) is 1.76. The summed E-state index contributed by atoms with van der Waals surface area (Å²) in [5.41, 5.74) is -4.50. The van der Waals surface area contributed by atoms with Crippen LogP contribution >= 0.6 is 0 Å². The fraction of sp³-hybridized carbons (Fsp3) is 0.950. The van der Waals surface area contributed by atoms with Gasteiger partial charge in [0.1, 0.15) is 5.78 Å². The van der Waals surface area contributed by atoms with Crippen molar-refractivity contribution in [2.24, 2.45) is 28.1 Å². The van der Waals surface area contributed by atoms with E-state index in [9.17, 15) is 25.2 Å². The third-order valence-electron chi connectivity index (χ3n) is 9.00. The fourth-order valence-electron chi connectivity index (χ4n) is 8.05. The van der Waals surface area contributed by atoms with Gasteiger partial charge in [-0.15, -0.1) is 0 Å². The van der Waals surface area contributed by atoms with Crippen LogP contribution in [0.4, 0.5) is 0 Å². The van der Waals surface area contributed by atoms with Gasteiger partial charge in [0.05, 0.1) is 23.4 Å². The number of aliphatic hydroxyl groups excluding tert-OH is 2. The standard InChI is InChI=1S/C20H32O5/c1-16(2)13(22)6-7-17(3)14(16)12(21)9-19(25)10-18(4,24)11-5-8-20(17,19)15(11)23/h11,13-15,22-25H,5-10H2,1-4H3/t11-,13-,14-,15+,17-,18-,19+,20+/m0/s1. The topological polar surface area (TPSA) is 98.0 Å². The van der Waals surface area contributed by atoms with Gasteiger partial charge in [0, 0.05) is 35.5 Å². The predicted molar refractivity (Wildman–Crippen MR) is 91.6 cm³/mol. The van der Waals surface area contributed by atoms with Crippen molar-refractivity contribution in [1.29, 1.82) is 0 Å². The van der Waals surface area contributed by atoms with Crippen LogP contribution in [0.2, 0.25) is 0 Å². The fourth-order valence-corrected chi connectivity index (χ4v) is 8.05. The second kappa shape index (κ2) is 4.67. The van der Waals surface area contributed by atoms with Gasteiger partial charge in [0.2, 0.25) is 0 Å². The Hall–Kier alpha value is -0.490. The Morgan fingerprint density at radius 2 is 1.64 bits per heavy atom. The number of fused-ring (bicyclic) bond motifs is 2. The number of aliphatic hydroxyl groups is 4. The molecule has 4 saturated carbocycles. The monoisotopic (exact) mass is 352 g/mol. The lowest BCUT2D eigenvalue weighted by Gasteiger charge is -2.70. The number of hydrogen-bond acceptors (Lipinski definition) is 5. The van der Waals surface area contributed by atoms with Crippen molar-refractivity contribution in [3.63, 3.8) is 0 Å². The average molecular weight is 352 g/mol. The highest BCUT2D eigenvalue weighted by Gasteiger charge is 2.79. The molecule has 142 valence electrons. The third-order valence-corrected chi connectivity index (χ3v) is 9.00. The van der Waals surface area contributed by atoms with Crippen LogP contribution in [-0.2, 0) is 4.79 Å². The Bertz CT molecular complexity index is 628. The molecule has 4 fully saturated rings. The van der Waals surface area contributed by atoms with Gasteiger partial charge in [-0.1, -0.05) is 20.8 Å². The van der Waals surface area contributed by atoms with Crippen molar-refractivity contribution < 1.29 is 25.2 Å². The summed E-state index contributed by atoms with van der Waals surface area (Å²) in [6, 6.07) is 0. The van der Waals surface area contributed by atoms with Crippen molar-refractivity contribution in [2.75, 3.05) is 0 Å². The van der Waals surface area contributed by atoms with Crippen molar-refractivity contribution in [1.82, 2.24) is 0 Å². The zero-order valence-electron chi connectivity index (χ0n) is 15.7. The molecule has 4 aliphatic carbocycles. The van der Waals surface area contributed by atoms with Crippen LogP contribution in [0.25, 0.3) is 0 Å². The predicted octanol–water partition coefficient (Wildman–Crippen LogP) is 1.41. The largest absolute Gasteiger partial charge is 0.393 e. The maximum Gasteiger partial charge on any atom is 0.140 e. The molecule has 0 amide bonds. The van der Waals surface area contributed by atoms with Crippen molar-refractivity contribution in [2.45, 2.75) is 89.6 Å². The molecule has 4 N–H and O–H groups in total. The molecule has 0 unspecified atom stereocenters. The summed E-state index contributed by atoms with van der Waals surface area (Å²) in [5, 5.41) is 44.4. The number of hydrogen-bond donors (Lipinski definition) is 4. The summed E-state index contributed by atoms with van der Waals surface area (Å²) in [6.45, 7) is 7.60. The minimum atomic E-state index is -1.39. The average Bonchev–Trinajstić information content (AvgIpc) is 2.76. The van der Waals surface area contributed by atoms with Gasteiger partial charge in [-0.3, -0.25) is 4.79 Å². The first-order valence-corrected chi connectivity index (χ1v) is 9.67. The molecule has 0 aromatic carbocycles. The summed E-state index contributed by atoms with van der Waals surface area (Å²) in [4.78, 5) is 13.2. The molecule has 0 saturated heterocycles. The highest BCUT2D eigenvalue weighted by atomic mass is 16.3. The van der Waals surface area contributed by atoms with E-state index in [0.29, 0.717) is 25.7 Å². The number of Topliss-reactive ketones (excluding diaryl/α,β-unsaturated/α-hetero) is 1. The van der Waals surface area contributed by atoms with Gasteiger partial charge in [-0.2, -0.15) is 0 Å². The van der Waals surface area contributed by atoms with Gasteiger partial charge < -0.3 is 20.4 Å². The first-order valence-electron chi connectivity index (χ1n) is 9.67. The van der Waals surface area contributed by atoms with E-state index in [0.717, 1.165) is 0 Å². The van der Waals surface area contributed by atoms with E-state index in [-0.39, 0.29) is 30.5 Å². The van der Waals surface area contributed by atoms with Crippen LogP contribution in [0.15, 0.2) is 0 Å². The van der Waals surface area contributed by atoms with Gasteiger partial charge in [0.15, 0.2) is 0 Å². The smallest absolute Gasteiger partial charge is 0.140 e. The van der Waals surface area contributed by atoms with Crippen LogP contribution in [-0.4, -0.2) is 49.6 Å². The number of ketones is 1. The minimum absolute atomic E-state index is 0.0345. The molecule has 0 radical (unpaired) electrons. The molecular weight excluding hydrogens is 320 g/mol. The van der Waals surface area contributed by atoms with Crippen molar-refractivity contribution in [3.05, 3.63) is 0 Å². The van der Waals surface area contributed by atoms with Crippen LogP contribution in [0.3, 0.4) is 0 Å². The van der Waals surface area contributed by atoms with E-state index in [1.165, 1.54) is 0 Å². The molecular formula is C20H32O5. The summed E-state index contributed by atoms with van der Waals surface area (Å²) in [5.74, 6) is -0.693. The molecule has 0 aliphatic heterocycles. The maximum atomic E-state index is 13.2. The van der Waals surface area contributed by atoms with Gasteiger partial charge in [-0.05, 0) is 38.0 Å². The molecule has 8 atom stereocenters. The first-order chi connectivity index (χ1) is 11.3. The van der Waals surface area contributed by atoms with E-state index in [2.05, 4.69) is 0 Å². The van der Waals surface area contributed by atoms with Crippen LogP contribution in [0.5, 0.6) is 0 Å². The van der Waals surface area contributed by atoms with Crippen LogP contribution in [0, 0.1) is 28.1 Å². The number of carbonyl (C=O) groups is 1. The Morgan fingerprint density at radius 1 is 1.00 bits per heavy atom. The Balaban J connectivity index is 1.93. The molecule has 0 aromatic rings. The van der Waals surface area contributed by atoms with E-state index < -0.39 is 39.7 Å². The molecule has 4 rings (SSSR count). The highest BCUT2D eigenvalue weighted by molar-refractivity contribution is 5.86. The Morgan fingerprint density at radius 3 is 2.28 bits per heavy atom. The quantitative estimate of drug-likeness (QED) is 0.528. The molecule has 0 aromatic heterocycles. The zero-order valence-corrected chi connectivity index (χ0v) is 15.7. The lowest BCUT2D eigenvalue weighted by Crippen LogP contribution is -2.76. The van der Waals surface area contributed by atoms with Crippen molar-refractivity contribution in [3.8, 4) is 0 Å². The number of rotatable bonds is 0. The van der Waals surface area contributed by atoms with Crippen LogP contribution < -0.4 is 0 Å². The van der Waals surface area contributed by atoms with E-state index in [1.807, 2.05) is 20.8 Å². The van der Waals surface area contributed by atoms with Gasteiger partial charge >= 0.3 is 0 Å². The normalized spacial score (nSPS) is 60.1. The zero-order chi connectivity index (χ0) is 18.6. The van der Waals surface area contributed by atoms with Crippen molar-refractivity contribution >= 4 is 5.78 Å². The second-order valence-corrected chi connectivity index (χ2v) is 10.5. The van der Waals surface area contributed by atoms with E-state index in [4.69, 9.17) is 0 Å². The summed E-state index contributed by atoms with van der Waals surface area (Å²) in [6.07, 6.45) is 1.18. The molecule has 4 aliphatic rings. The molecule has 5 heteroatoms. The van der Waals surface area contributed by atoms with Gasteiger partial charge in [0.25, 0.3) is 0 Å². The highest BCUT2D eigenvalue weighted by Crippen LogP contribution is 2.75. The Labute approximate surface area is 149 Å². The summed E-state index contributed by atoms with van der Waals surface area (Å²) in [7, 11) is 0. The van der Waals surface area contributed by atoms with Gasteiger partial charge in [-0.25, -0.2) is 0 Å². The second-order valence-electron chi connectivity index (χ2n) is 10.5. The Kier molecular flexibility index (Phi) is 3.34. The maximum absolute atomic E-state index is 13.2. The molecule has 2 bridgehead atoms. The van der Waals surface area contributed by atoms with E-state index in [1.54, 1.807) is 6.92 Å². The molecule has 25 heavy (non-hydrogen) atoms. The minimum Gasteiger partial charge on any atom is -0.393 e. The lowest BCUT2D eigenvalue weighted by atomic mass is 9.35. The SMILES string of the molecule is CC1(C)[C@@H](O)CC[C@@]2(C)[C@H]1C(=O)C[C@@]1(O)C[C@](C)(O)[C@H]3CC[C@]12[C@@H]3O. The van der Waals surface area contributed by atoms with Crippen LogP contribution in [0.1, 0.15) is 66.2 Å². The molecule has 1 spiro atoms. The summed E-state index contributed by atoms with van der Waals surface area (Å²) < 4.78 is 0. The molecule has 0 heterocycles. The number of carbonyl (C=O) groups excluding carboxylic acids is 1. The van der Waals surface area contributed by atoms with E-state index >= 15 is 0 Å². The molecule has 5 nitrogen and oxygen atoms in total. The first kappa shape index (κ1) is 17.9. The summed E-state index contributed by atoms with van der Waals surface area (Å²) >= 11 is 0. The lowest BCUT2D eigenvalue weighted by molar-refractivity contribution is -0.300.